The number of carbonyl (C=O) groups is 1. The number of carboxylic acid groups (broad SMARTS) is 1. The van der Waals surface area contributed by atoms with Gasteiger partial charge in [-0.25, -0.2) is 4.79 Å². The average molecular weight is 1430 g/mol. The van der Waals surface area contributed by atoms with Gasteiger partial charge in [0.2, 0.25) is 0 Å². The van der Waals surface area contributed by atoms with Gasteiger partial charge in [0.25, 0.3) is 0 Å². The zero-order chi connectivity index (χ0) is 70.3. The summed E-state index contributed by atoms with van der Waals surface area (Å²) in [6.45, 7) is -7.66. The highest BCUT2D eigenvalue weighted by Gasteiger charge is 2.60. The maximum Gasteiger partial charge on any atom is 0.335 e. The van der Waals surface area contributed by atoms with Gasteiger partial charge < -0.3 is 198 Å². The van der Waals surface area contributed by atoms with E-state index in [9.17, 15) is 127 Å². The summed E-state index contributed by atoms with van der Waals surface area (Å²) in [6.07, 6.45) is -82.5. The molecule has 0 aromatic heterocycles. The fourth-order valence-corrected chi connectivity index (χ4v) is 13.8. The first kappa shape index (κ1) is 77.1. The van der Waals surface area contributed by atoms with Gasteiger partial charge in [-0.15, -0.1) is 11.8 Å². The van der Waals surface area contributed by atoms with Crippen LogP contribution >= 0.6 is 11.8 Å². The van der Waals surface area contributed by atoms with E-state index >= 15 is 0 Å². The lowest BCUT2D eigenvalue weighted by atomic mass is 9.95. The highest BCUT2D eigenvalue weighted by molar-refractivity contribution is 7.99. The molecule has 40 atom stereocenters. The van der Waals surface area contributed by atoms with Crippen LogP contribution in [-0.2, 0) is 75.8 Å². The molecule has 41 nitrogen and oxygen atoms in total. The van der Waals surface area contributed by atoms with Gasteiger partial charge in [-0.2, -0.15) is 0 Å². The highest BCUT2D eigenvalue weighted by atomic mass is 32.2. The van der Waals surface area contributed by atoms with Crippen molar-refractivity contribution in [3.8, 4) is 0 Å². The van der Waals surface area contributed by atoms with E-state index in [1.165, 1.54) is 24.3 Å². The smallest absolute Gasteiger partial charge is 0.335 e. The molecule has 30 aliphatic rings. The van der Waals surface area contributed by atoms with Gasteiger partial charge in [0.15, 0.2) is 50.3 Å². The largest absolute Gasteiger partial charge is 0.478 e. The molecule has 30 saturated heterocycles. The molecule has 0 amide bonds. The van der Waals surface area contributed by atoms with Crippen LogP contribution in [0.5, 0.6) is 0 Å². The van der Waals surface area contributed by atoms with Crippen LogP contribution in [0.15, 0.2) is 29.2 Å². The third-order valence-electron chi connectivity index (χ3n) is 18.2. The molecule has 0 spiro atoms. The van der Waals surface area contributed by atoms with Crippen molar-refractivity contribution in [2.45, 2.75) is 251 Å². The Hall–Kier alpha value is -2.52. The summed E-state index contributed by atoms with van der Waals surface area (Å²) < 4.78 is 92.8. The molecular formula is C55H84O41S. The van der Waals surface area contributed by atoms with Crippen LogP contribution in [0.3, 0.4) is 0 Å². The van der Waals surface area contributed by atoms with Gasteiger partial charge in [-0.3, -0.25) is 0 Å². The summed E-state index contributed by atoms with van der Waals surface area (Å²) in [5.74, 6) is -1.68. The van der Waals surface area contributed by atoms with E-state index in [-0.39, 0.29) is 16.2 Å². The highest BCUT2D eigenvalue weighted by Crippen LogP contribution is 2.41. The predicted molar refractivity (Wildman–Crippen MR) is 298 cm³/mol. The number of aromatic carboxylic acids is 1. The summed E-state index contributed by atoms with van der Waals surface area (Å²) >= 11 is 0.887. The quantitative estimate of drug-likeness (QED) is 0.0915. The number of hydrogen-bond donors (Lipinski definition) is 24. The van der Waals surface area contributed by atoms with E-state index in [0.717, 1.165) is 11.8 Å². The van der Waals surface area contributed by atoms with Crippen molar-refractivity contribution < 1.29 is 203 Å². The number of aliphatic hydroxyl groups excluding tert-OH is 23. The van der Waals surface area contributed by atoms with Gasteiger partial charge in [0.05, 0.1) is 57.9 Å². The van der Waals surface area contributed by atoms with Crippen molar-refractivity contribution >= 4 is 17.7 Å². The third-order valence-corrected chi connectivity index (χ3v) is 19.3. The fraction of sp³-hybridized carbons (Fsp3) is 0.873. The van der Waals surface area contributed by atoms with Crippen molar-refractivity contribution in [1.82, 2.24) is 0 Å². The number of benzene rings is 1. The van der Waals surface area contributed by atoms with Crippen molar-refractivity contribution in [3.05, 3.63) is 29.8 Å². The molecule has 16 bridgehead atoms. The third kappa shape index (κ3) is 15.8. The topological polar surface area (TPSA) is 650 Å². The molecule has 0 saturated carbocycles. The summed E-state index contributed by atoms with van der Waals surface area (Å²) in [5.41, 5.74) is -0.159. The second-order valence-electron chi connectivity index (χ2n) is 24.4. The molecule has 30 fully saturated rings. The number of hydrogen-bond acceptors (Lipinski definition) is 41. The average Bonchev–Trinajstić information content (AvgIpc) is 0.818. The van der Waals surface area contributed by atoms with E-state index < -0.39 is 298 Å². The Morgan fingerprint density at radius 3 is 0.649 bits per heavy atom. The summed E-state index contributed by atoms with van der Waals surface area (Å²) in [7, 11) is 0. The molecule has 42 heteroatoms. The molecule has 97 heavy (non-hydrogen) atoms. The van der Waals surface area contributed by atoms with Gasteiger partial charge in [0.1, 0.15) is 189 Å². The van der Waals surface area contributed by atoms with Crippen molar-refractivity contribution in [2.24, 2.45) is 0 Å². The molecule has 24 N–H and O–H groups in total. The zero-order valence-electron chi connectivity index (χ0n) is 50.6. The summed E-state index contributed by atoms with van der Waals surface area (Å²) in [5, 5.41) is 268. The Bertz CT molecular complexity index is 2630. The monoisotopic (exact) mass is 1430 g/mol. The summed E-state index contributed by atoms with van der Waals surface area (Å²) in [4.78, 5) is 12.2. The Balaban J connectivity index is 0.933. The van der Waals surface area contributed by atoms with Gasteiger partial charge in [-0.1, -0.05) is 6.07 Å². The first-order chi connectivity index (χ1) is 46.2. The predicted octanol–water partition coefficient (Wildman–Crippen LogP) is -14.9. The van der Waals surface area contributed by atoms with Crippen LogP contribution in [0.4, 0.5) is 0 Å². The van der Waals surface area contributed by atoms with Crippen LogP contribution < -0.4 is 0 Å². The van der Waals surface area contributed by atoms with Crippen LogP contribution in [0.2, 0.25) is 0 Å². The minimum atomic E-state index is -2.28. The first-order valence-corrected chi connectivity index (χ1v) is 31.8. The van der Waals surface area contributed by atoms with Crippen molar-refractivity contribution in [1.29, 1.82) is 0 Å². The maximum absolute atomic E-state index is 11.9. The van der Waals surface area contributed by atoms with Gasteiger partial charge in [-0.05, 0) is 18.2 Å². The lowest BCUT2D eigenvalue weighted by Gasteiger charge is -2.50. The van der Waals surface area contributed by atoms with Gasteiger partial charge in [0, 0.05) is 10.6 Å². The molecule has 30 aliphatic heterocycles. The zero-order valence-corrected chi connectivity index (χ0v) is 51.5. The minimum Gasteiger partial charge on any atom is -0.478 e. The number of ether oxygens (including phenoxy) is 16. The summed E-state index contributed by atoms with van der Waals surface area (Å²) in [6, 6.07) is 5.43. The van der Waals surface area contributed by atoms with Crippen LogP contribution in [-0.4, -0.2) is 426 Å². The Kier molecular flexibility index (Phi) is 26.3. The first-order valence-electron chi connectivity index (χ1n) is 30.8. The van der Waals surface area contributed by atoms with Gasteiger partial charge >= 0.3 is 5.97 Å². The van der Waals surface area contributed by atoms with Crippen molar-refractivity contribution in [2.75, 3.05) is 52.0 Å². The molecule has 1 aromatic rings. The lowest BCUT2D eigenvalue weighted by molar-refractivity contribution is -0.403. The van der Waals surface area contributed by atoms with Crippen LogP contribution in [0.1, 0.15) is 10.4 Å². The van der Waals surface area contributed by atoms with E-state index in [0.29, 0.717) is 0 Å². The molecule has 0 unspecified atom stereocenters. The van der Waals surface area contributed by atoms with E-state index in [1.54, 1.807) is 0 Å². The Labute approximate surface area is 551 Å². The van der Waals surface area contributed by atoms with E-state index in [1.807, 2.05) is 0 Å². The normalized spacial score (nSPS) is 51.2. The standard InChI is InChI=1S/C55H84O41S/c56-5-15-39-23(63)31(71)48(81-15)90-40-16(6-57)83-50(33(73)25(40)65)92-42-18(8-59)85-52(35(75)27(42)67)94-44-20(10-61)87-54(37(77)29(44)69)96-46-22(12-97-14-3-1-2-13(4-14)47(79)80)88-55(38(78)30(46)70)95-45-21(11-62)86-53(36(76)28(45)68)93-43-19(9-60)84-51(34(74)26(43)66)91-41-17(7-58)82-49(89-39)32(72)24(41)64/h1-4,15-46,48-78H,5-12H2,(H,79,80)/t15-,16-,17+,18-,19+,20-,21+,22-,23-,24-,25-,26-,27-,28-,29-,30-,31-,32-,33+,34-,35-,36-,37+,38-,39-,40-,41-,42-,43-,44-,45-,46-,48-,49-,50-,51-,52-,53-,54-,55-/m1/s1. The van der Waals surface area contributed by atoms with Crippen LogP contribution in [0, 0.1) is 0 Å². The fourth-order valence-electron chi connectivity index (χ4n) is 12.8. The number of aliphatic hydroxyl groups is 23. The molecule has 0 aliphatic carbocycles. The van der Waals surface area contributed by atoms with E-state index in [4.69, 9.17) is 75.8 Å². The second-order valence-corrected chi connectivity index (χ2v) is 25.5. The molecule has 30 heterocycles. The minimum absolute atomic E-state index is 0.159. The Morgan fingerprint density at radius 2 is 0.464 bits per heavy atom. The Morgan fingerprint density at radius 1 is 0.278 bits per heavy atom. The molecule has 31 rings (SSSR count). The lowest BCUT2D eigenvalue weighted by Crippen LogP contribution is -2.69. The van der Waals surface area contributed by atoms with Crippen molar-refractivity contribution in [3.63, 3.8) is 0 Å². The van der Waals surface area contributed by atoms with Crippen LogP contribution in [0.25, 0.3) is 0 Å². The second kappa shape index (κ2) is 33.1. The maximum atomic E-state index is 11.9. The SMILES string of the molecule is O=C(O)c1cccc(SC[C@H]2O[C@@H]3O[C@H]4[C@H](O)[C@@H](O)[C@@H](O[C@H]5[C@H](O)[C@@H](O)[C@@H](O[C@H]6[C@H](O)[C@@H](O)[C@@H](O[C@H]7[C@H](O)[C@@H](O)[C@@H](O[C@H]8[C@H](O)[C@H](O)[C@@H](O[C@H]9[C@H](O)[C@@H](O)[C@@H](O[C@H]%10[C@H](O)[C@H](O)[C@@H](O[C@H]2[C@H](O)[C@H]3O)O[C@@H]%10CO)O[C@@H]9CO)O[C@@H]8CO)O[C@@H]7CO)O[C@H]6CO)O[C@H]5CO)O[C@H]4CO)c1. The van der Waals surface area contributed by atoms with E-state index in [2.05, 4.69) is 0 Å². The number of carboxylic acids is 1. The molecule has 1 aromatic carbocycles. The number of thioether (sulfide) groups is 1. The molecular weight excluding hydrogens is 1350 g/mol. The molecule has 556 valence electrons. The molecule has 0 radical (unpaired) electrons. The number of rotatable bonds is 11.